The molecule has 4 rings (SSSR count). The summed E-state index contributed by atoms with van der Waals surface area (Å²) in [5, 5.41) is 3.17. The molecule has 1 aliphatic rings. The molecule has 154 valence electrons. The van der Waals surface area contributed by atoms with E-state index in [2.05, 4.69) is 20.2 Å². The van der Waals surface area contributed by atoms with Crippen LogP contribution in [-0.2, 0) is 6.54 Å². The third-order valence-electron chi connectivity index (χ3n) is 5.52. The Morgan fingerprint density at radius 3 is 2.53 bits per heavy atom. The van der Waals surface area contributed by atoms with Gasteiger partial charge in [-0.2, -0.15) is 0 Å². The van der Waals surface area contributed by atoms with Crippen molar-refractivity contribution in [1.82, 2.24) is 20.2 Å². The molecule has 1 aliphatic heterocycles. The molecule has 1 amide bonds. The smallest absolute Gasteiger partial charge is 0.270 e. The number of benzene rings is 1. The minimum atomic E-state index is -0.220. The molecule has 1 saturated heterocycles. The highest BCUT2D eigenvalue weighted by Crippen LogP contribution is 2.30. The predicted molar refractivity (Wildman–Crippen MR) is 113 cm³/mol. The Morgan fingerprint density at radius 2 is 1.83 bits per heavy atom. The molecule has 5 nitrogen and oxygen atoms in total. The molecule has 1 fully saturated rings. The highest BCUT2D eigenvalue weighted by molar-refractivity contribution is 5.92. The summed E-state index contributed by atoms with van der Waals surface area (Å²) in [5.41, 5.74) is 2.34. The number of hydrogen-bond donors (Lipinski definition) is 1. The number of pyridine rings is 2. The van der Waals surface area contributed by atoms with Gasteiger partial charge < -0.3 is 5.32 Å². The van der Waals surface area contributed by atoms with Gasteiger partial charge in [0.1, 0.15) is 11.5 Å². The van der Waals surface area contributed by atoms with Crippen molar-refractivity contribution >= 4 is 5.91 Å². The van der Waals surface area contributed by atoms with Crippen molar-refractivity contribution in [3.05, 3.63) is 95.8 Å². The molecule has 0 saturated carbocycles. The lowest BCUT2D eigenvalue weighted by atomic mass is 9.88. The van der Waals surface area contributed by atoms with Gasteiger partial charge in [-0.15, -0.1) is 0 Å². The summed E-state index contributed by atoms with van der Waals surface area (Å²) < 4.78 is 13.2. The normalized spacial score (nSPS) is 18.0. The lowest BCUT2D eigenvalue weighted by Crippen LogP contribution is -2.43. The molecule has 2 aromatic heterocycles. The summed E-state index contributed by atoms with van der Waals surface area (Å²) >= 11 is 0. The number of nitrogens with zero attached hydrogens (tertiary/aromatic N) is 3. The summed E-state index contributed by atoms with van der Waals surface area (Å²) in [7, 11) is 0. The van der Waals surface area contributed by atoms with Crippen LogP contribution in [0.2, 0.25) is 0 Å². The van der Waals surface area contributed by atoms with E-state index in [-0.39, 0.29) is 23.7 Å². The molecule has 1 N–H and O–H groups in total. The molecule has 1 aromatic carbocycles. The first-order chi connectivity index (χ1) is 14.7. The largest absolute Gasteiger partial charge is 0.342 e. The highest BCUT2D eigenvalue weighted by Gasteiger charge is 2.30. The van der Waals surface area contributed by atoms with Gasteiger partial charge >= 0.3 is 0 Å². The first kappa shape index (κ1) is 20.2. The minimum Gasteiger partial charge on any atom is -0.342 e. The molecular weight excluding hydrogens is 379 g/mol. The van der Waals surface area contributed by atoms with Crippen molar-refractivity contribution in [3.8, 4) is 0 Å². The number of halogens is 1. The van der Waals surface area contributed by atoms with Gasteiger partial charge in [-0.3, -0.25) is 19.7 Å². The van der Waals surface area contributed by atoms with Crippen molar-refractivity contribution in [3.63, 3.8) is 0 Å². The Kier molecular flexibility index (Phi) is 6.44. The number of carbonyl (C=O) groups excluding carboxylic acids is 1. The molecule has 6 heteroatoms. The van der Waals surface area contributed by atoms with Crippen molar-refractivity contribution in [2.24, 2.45) is 5.92 Å². The van der Waals surface area contributed by atoms with E-state index in [1.165, 1.54) is 12.1 Å². The Bertz CT molecular complexity index is 950. The van der Waals surface area contributed by atoms with Crippen LogP contribution in [0.1, 0.15) is 40.6 Å². The number of likely N-dealkylation sites (tertiary alicyclic amines) is 1. The standard InChI is InChI=1S/C24H25FN4O/c25-20-11-9-18(10-12-20)16-29-15-5-6-19(17-29)23(21-7-1-3-13-26-21)28-24(30)22-8-2-4-14-27-22/h1-4,7-14,19,23H,5-6,15-17H2,(H,28,30)/t19-,23+/m1/s1. The molecule has 0 spiro atoms. The number of aromatic nitrogens is 2. The SMILES string of the molecule is O=C(N[C@H](c1ccccn1)[C@@H]1CCCN(Cc2ccc(F)cc2)C1)c1ccccn1. The summed E-state index contributed by atoms with van der Waals surface area (Å²) in [6, 6.07) is 17.6. The Labute approximate surface area is 176 Å². The number of hydrogen-bond acceptors (Lipinski definition) is 4. The number of carbonyl (C=O) groups is 1. The first-order valence-electron chi connectivity index (χ1n) is 10.3. The Hall–Kier alpha value is -3.12. The van der Waals surface area contributed by atoms with Crippen molar-refractivity contribution < 1.29 is 9.18 Å². The second-order valence-corrected chi connectivity index (χ2v) is 7.68. The quantitative estimate of drug-likeness (QED) is 0.675. The average Bonchev–Trinajstić information content (AvgIpc) is 2.80. The van der Waals surface area contributed by atoms with E-state index in [1.54, 1.807) is 24.5 Å². The molecule has 0 bridgehead atoms. The van der Waals surface area contributed by atoms with Gasteiger partial charge in [0.25, 0.3) is 5.91 Å². The van der Waals surface area contributed by atoms with Crippen LogP contribution in [0.5, 0.6) is 0 Å². The molecule has 0 unspecified atom stereocenters. The van der Waals surface area contributed by atoms with Gasteiger partial charge in [-0.25, -0.2) is 4.39 Å². The maximum absolute atomic E-state index is 13.2. The monoisotopic (exact) mass is 404 g/mol. The molecule has 0 radical (unpaired) electrons. The molecular formula is C24H25FN4O. The molecule has 0 aliphatic carbocycles. The van der Waals surface area contributed by atoms with Crippen molar-refractivity contribution in [2.75, 3.05) is 13.1 Å². The topological polar surface area (TPSA) is 58.1 Å². The molecule has 3 aromatic rings. The van der Waals surface area contributed by atoms with Crippen LogP contribution in [0.15, 0.2) is 73.1 Å². The molecule has 30 heavy (non-hydrogen) atoms. The zero-order chi connectivity index (χ0) is 20.8. The van der Waals surface area contributed by atoms with Crippen LogP contribution >= 0.6 is 0 Å². The second kappa shape index (κ2) is 9.59. The minimum absolute atomic E-state index is 0.193. The second-order valence-electron chi connectivity index (χ2n) is 7.68. The van der Waals surface area contributed by atoms with E-state index < -0.39 is 0 Å². The Morgan fingerprint density at radius 1 is 1.07 bits per heavy atom. The van der Waals surface area contributed by atoms with Gasteiger partial charge in [-0.05, 0) is 67.3 Å². The Balaban J connectivity index is 1.51. The van der Waals surface area contributed by atoms with E-state index in [9.17, 15) is 9.18 Å². The molecule has 3 heterocycles. The van der Waals surface area contributed by atoms with Gasteiger partial charge in [0.05, 0.1) is 11.7 Å². The molecule has 2 atom stereocenters. The predicted octanol–water partition coefficient (Wildman–Crippen LogP) is 4.00. The van der Waals surface area contributed by atoms with Crippen molar-refractivity contribution in [2.45, 2.75) is 25.4 Å². The van der Waals surface area contributed by atoms with Crippen LogP contribution in [-0.4, -0.2) is 33.9 Å². The van der Waals surface area contributed by atoms with Gasteiger partial charge in [0.2, 0.25) is 0 Å². The number of nitrogens with one attached hydrogen (secondary N) is 1. The fourth-order valence-electron chi connectivity index (χ4n) is 4.06. The van der Waals surface area contributed by atoms with E-state index in [4.69, 9.17) is 0 Å². The van der Waals surface area contributed by atoms with Crippen LogP contribution in [0, 0.1) is 11.7 Å². The third-order valence-corrected chi connectivity index (χ3v) is 5.52. The van der Waals surface area contributed by atoms with Crippen LogP contribution < -0.4 is 5.32 Å². The number of rotatable bonds is 6. The van der Waals surface area contributed by atoms with Crippen LogP contribution in [0.3, 0.4) is 0 Å². The summed E-state index contributed by atoms with van der Waals surface area (Å²) in [6.45, 7) is 2.58. The highest BCUT2D eigenvalue weighted by atomic mass is 19.1. The number of amides is 1. The van der Waals surface area contributed by atoms with E-state index in [0.29, 0.717) is 5.69 Å². The van der Waals surface area contributed by atoms with Crippen molar-refractivity contribution in [1.29, 1.82) is 0 Å². The van der Waals surface area contributed by atoms with E-state index in [0.717, 1.165) is 43.7 Å². The maximum Gasteiger partial charge on any atom is 0.270 e. The van der Waals surface area contributed by atoms with Gasteiger partial charge in [0, 0.05) is 25.5 Å². The van der Waals surface area contributed by atoms with E-state index in [1.807, 2.05) is 36.4 Å². The summed E-state index contributed by atoms with van der Waals surface area (Å²) in [5.74, 6) is -0.189. The fourth-order valence-corrected chi connectivity index (χ4v) is 4.06. The number of piperidine rings is 1. The zero-order valence-electron chi connectivity index (χ0n) is 16.7. The maximum atomic E-state index is 13.2. The summed E-state index contributed by atoms with van der Waals surface area (Å²) in [6.07, 6.45) is 5.42. The van der Waals surface area contributed by atoms with Crippen LogP contribution in [0.4, 0.5) is 4.39 Å². The lowest BCUT2D eigenvalue weighted by Gasteiger charge is -2.37. The fraction of sp³-hybridized carbons (Fsp3) is 0.292. The first-order valence-corrected chi connectivity index (χ1v) is 10.3. The van der Waals surface area contributed by atoms with Gasteiger partial charge in [-0.1, -0.05) is 24.3 Å². The summed E-state index contributed by atoms with van der Waals surface area (Å²) in [4.78, 5) is 23.9. The van der Waals surface area contributed by atoms with Gasteiger partial charge in [0.15, 0.2) is 0 Å². The zero-order valence-corrected chi connectivity index (χ0v) is 16.7. The third kappa shape index (κ3) is 5.07. The average molecular weight is 404 g/mol. The lowest BCUT2D eigenvalue weighted by molar-refractivity contribution is 0.0870. The van der Waals surface area contributed by atoms with E-state index >= 15 is 0 Å². The van der Waals surface area contributed by atoms with Crippen LogP contribution in [0.25, 0.3) is 0 Å².